The molecule has 1 saturated heterocycles. The summed E-state index contributed by atoms with van der Waals surface area (Å²) in [6.07, 6.45) is 4.82. The second-order valence-corrected chi connectivity index (χ2v) is 7.01. The molecule has 0 radical (unpaired) electrons. The van der Waals surface area contributed by atoms with Crippen LogP contribution < -0.4 is 9.47 Å². The van der Waals surface area contributed by atoms with Gasteiger partial charge < -0.3 is 19.1 Å². The van der Waals surface area contributed by atoms with Crippen LogP contribution in [-0.2, 0) is 14.3 Å². The lowest BCUT2D eigenvalue weighted by molar-refractivity contribution is -0.162. The van der Waals surface area contributed by atoms with Crippen molar-refractivity contribution in [2.24, 2.45) is 0 Å². The molecule has 6 nitrogen and oxygen atoms in total. The Kier molecular flexibility index (Phi) is 7.49. The minimum Gasteiger partial charge on any atom is -0.493 e. The number of carbonyl (C=O) groups is 2. The van der Waals surface area contributed by atoms with Crippen LogP contribution in [0, 0.1) is 0 Å². The number of rotatable bonds is 8. The normalized spacial score (nSPS) is 14.5. The van der Waals surface area contributed by atoms with Crippen molar-refractivity contribution in [3.05, 3.63) is 65.7 Å². The minimum absolute atomic E-state index is 0.194. The van der Waals surface area contributed by atoms with Crippen LogP contribution in [0.4, 0.5) is 0 Å². The van der Waals surface area contributed by atoms with Gasteiger partial charge in [-0.1, -0.05) is 48.6 Å². The molecule has 1 heterocycles. The third kappa shape index (κ3) is 5.41. The number of hydrogen-bond donors (Lipinski definition) is 0. The Morgan fingerprint density at radius 2 is 1.80 bits per heavy atom. The van der Waals surface area contributed by atoms with Crippen LogP contribution >= 0.6 is 0 Å². The Bertz CT molecular complexity index is 888. The Hall–Kier alpha value is -3.28. The average molecular weight is 409 g/mol. The summed E-state index contributed by atoms with van der Waals surface area (Å²) in [5.74, 6) is 0.146. The fourth-order valence-electron chi connectivity index (χ4n) is 3.39. The molecule has 0 bridgehead atoms. The molecule has 0 aliphatic carbocycles. The van der Waals surface area contributed by atoms with Crippen LogP contribution in [-0.4, -0.2) is 43.6 Å². The van der Waals surface area contributed by atoms with Gasteiger partial charge in [-0.05, 0) is 37.5 Å². The molecule has 0 N–H and O–H groups in total. The van der Waals surface area contributed by atoms with Gasteiger partial charge in [0.05, 0.1) is 7.11 Å². The van der Waals surface area contributed by atoms with E-state index in [9.17, 15) is 9.59 Å². The molecule has 0 unspecified atom stereocenters. The van der Waals surface area contributed by atoms with E-state index in [2.05, 4.69) is 0 Å². The van der Waals surface area contributed by atoms with E-state index in [4.69, 9.17) is 14.2 Å². The zero-order valence-electron chi connectivity index (χ0n) is 17.4. The lowest BCUT2D eigenvalue weighted by atomic mass is 10.1. The molecule has 3 rings (SSSR count). The molecular weight excluding hydrogens is 382 g/mol. The number of carbonyl (C=O) groups excluding carboxylic acids is 2. The van der Waals surface area contributed by atoms with Gasteiger partial charge >= 0.3 is 5.97 Å². The van der Waals surface area contributed by atoms with Gasteiger partial charge in [-0.15, -0.1) is 0 Å². The zero-order chi connectivity index (χ0) is 21.3. The summed E-state index contributed by atoms with van der Waals surface area (Å²) in [5.41, 5.74) is 1.61. The Labute approximate surface area is 177 Å². The maximum Gasteiger partial charge on any atom is 0.345 e. The molecule has 1 aliphatic rings. The summed E-state index contributed by atoms with van der Waals surface area (Å²) in [6, 6.07) is 14.5. The topological polar surface area (TPSA) is 65.1 Å². The highest BCUT2D eigenvalue weighted by Crippen LogP contribution is 2.29. The fourth-order valence-corrected chi connectivity index (χ4v) is 3.39. The van der Waals surface area contributed by atoms with Gasteiger partial charge in [0, 0.05) is 18.7 Å². The minimum atomic E-state index is -0.973. The standard InChI is InChI=1S/C24H27NO5/c1-3-9-18-12-13-20(21(16-18)28-2)29-17-22(26)30-23(19-10-5-4-6-11-19)24(27)25-14-7-8-15-25/h3-6,9-13,16,23H,7-8,14-15,17H2,1-2H3/b9-3+/t23-/m0/s1. The molecule has 1 amide bonds. The quantitative estimate of drug-likeness (QED) is 0.617. The maximum absolute atomic E-state index is 12.9. The third-order valence-corrected chi connectivity index (χ3v) is 4.89. The summed E-state index contributed by atoms with van der Waals surface area (Å²) < 4.78 is 16.5. The van der Waals surface area contributed by atoms with Gasteiger partial charge in [0.1, 0.15) is 0 Å². The number of methoxy groups -OCH3 is 1. The molecule has 0 aromatic heterocycles. The van der Waals surface area contributed by atoms with Crippen LogP contribution in [0.5, 0.6) is 11.5 Å². The first-order valence-corrected chi connectivity index (χ1v) is 10.1. The Morgan fingerprint density at radius 1 is 1.07 bits per heavy atom. The first kappa shape index (κ1) is 21.4. The summed E-state index contributed by atoms with van der Waals surface area (Å²) in [4.78, 5) is 27.2. The van der Waals surface area contributed by atoms with Crippen molar-refractivity contribution in [1.82, 2.24) is 4.90 Å². The zero-order valence-corrected chi connectivity index (χ0v) is 17.4. The highest BCUT2D eigenvalue weighted by atomic mass is 16.6. The molecule has 1 fully saturated rings. The number of allylic oxidation sites excluding steroid dienone is 1. The van der Waals surface area contributed by atoms with Crippen molar-refractivity contribution < 1.29 is 23.8 Å². The number of ether oxygens (including phenoxy) is 3. The Balaban J connectivity index is 1.68. The third-order valence-electron chi connectivity index (χ3n) is 4.89. The summed E-state index contributed by atoms with van der Waals surface area (Å²) >= 11 is 0. The van der Waals surface area contributed by atoms with Crippen molar-refractivity contribution in [2.45, 2.75) is 25.9 Å². The highest BCUT2D eigenvalue weighted by molar-refractivity contribution is 5.85. The predicted molar refractivity (Wildman–Crippen MR) is 114 cm³/mol. The highest BCUT2D eigenvalue weighted by Gasteiger charge is 2.31. The average Bonchev–Trinajstić information content (AvgIpc) is 3.32. The molecule has 2 aromatic rings. The lowest BCUT2D eigenvalue weighted by Gasteiger charge is -2.23. The largest absolute Gasteiger partial charge is 0.493 e. The monoisotopic (exact) mass is 409 g/mol. The maximum atomic E-state index is 12.9. The van der Waals surface area contributed by atoms with E-state index < -0.39 is 12.1 Å². The van der Waals surface area contributed by atoms with Crippen molar-refractivity contribution in [1.29, 1.82) is 0 Å². The first-order chi connectivity index (χ1) is 14.6. The first-order valence-electron chi connectivity index (χ1n) is 10.1. The van der Waals surface area contributed by atoms with Crippen LogP contribution in [0.25, 0.3) is 6.08 Å². The van der Waals surface area contributed by atoms with Gasteiger partial charge in [0.25, 0.3) is 5.91 Å². The van der Waals surface area contributed by atoms with Crippen molar-refractivity contribution in [2.75, 3.05) is 26.8 Å². The number of benzene rings is 2. The number of amides is 1. The molecular formula is C24H27NO5. The van der Waals surface area contributed by atoms with Crippen LogP contribution in [0.15, 0.2) is 54.6 Å². The molecule has 0 spiro atoms. The summed E-state index contributed by atoms with van der Waals surface area (Å²) in [7, 11) is 1.54. The van der Waals surface area contributed by atoms with E-state index in [0.717, 1.165) is 18.4 Å². The predicted octanol–water partition coefficient (Wildman–Crippen LogP) is 4.01. The molecule has 1 atom stereocenters. The number of nitrogens with zero attached hydrogens (tertiary/aromatic N) is 1. The van der Waals surface area contributed by atoms with Gasteiger partial charge in [0.15, 0.2) is 18.1 Å². The SMILES string of the molecule is C/C=C/c1ccc(OCC(=O)O[C@H](C(=O)N2CCCC2)c2ccccc2)c(OC)c1. The van der Waals surface area contributed by atoms with Gasteiger partial charge in [-0.2, -0.15) is 0 Å². The summed E-state index contributed by atoms with van der Waals surface area (Å²) in [6.45, 7) is 2.98. The lowest BCUT2D eigenvalue weighted by Crippen LogP contribution is -2.35. The molecule has 30 heavy (non-hydrogen) atoms. The van der Waals surface area contributed by atoms with Crippen LogP contribution in [0.2, 0.25) is 0 Å². The van der Waals surface area contributed by atoms with Gasteiger partial charge in [0.2, 0.25) is 6.10 Å². The van der Waals surface area contributed by atoms with Gasteiger partial charge in [-0.25, -0.2) is 4.79 Å². The Morgan fingerprint density at radius 3 is 2.47 bits per heavy atom. The van der Waals surface area contributed by atoms with E-state index >= 15 is 0 Å². The van der Waals surface area contributed by atoms with E-state index in [1.54, 1.807) is 30.2 Å². The molecule has 158 valence electrons. The number of hydrogen-bond acceptors (Lipinski definition) is 5. The molecule has 1 aliphatic heterocycles. The second kappa shape index (κ2) is 10.5. The van der Waals surface area contributed by atoms with Crippen molar-refractivity contribution >= 4 is 18.0 Å². The number of likely N-dealkylation sites (tertiary alicyclic amines) is 1. The van der Waals surface area contributed by atoms with E-state index in [1.165, 1.54) is 0 Å². The summed E-state index contributed by atoms with van der Waals surface area (Å²) in [5, 5.41) is 0. The van der Waals surface area contributed by atoms with Gasteiger partial charge in [-0.3, -0.25) is 4.79 Å². The molecule has 6 heteroatoms. The van der Waals surface area contributed by atoms with Crippen molar-refractivity contribution in [3.63, 3.8) is 0 Å². The van der Waals surface area contributed by atoms with Crippen LogP contribution in [0.1, 0.15) is 37.0 Å². The molecule has 0 saturated carbocycles. The second-order valence-electron chi connectivity index (χ2n) is 7.01. The smallest absolute Gasteiger partial charge is 0.345 e. The van der Waals surface area contributed by atoms with E-state index in [1.807, 2.05) is 49.4 Å². The molecule has 2 aromatic carbocycles. The fraction of sp³-hybridized carbons (Fsp3) is 0.333. The van der Waals surface area contributed by atoms with E-state index in [-0.39, 0.29) is 12.5 Å². The number of esters is 1. The van der Waals surface area contributed by atoms with Crippen LogP contribution in [0.3, 0.4) is 0 Å². The van der Waals surface area contributed by atoms with Crippen molar-refractivity contribution in [3.8, 4) is 11.5 Å². The van der Waals surface area contributed by atoms with E-state index in [0.29, 0.717) is 30.2 Å².